The van der Waals surface area contributed by atoms with Crippen molar-refractivity contribution in [2.24, 2.45) is 5.73 Å². The Kier molecular flexibility index (Phi) is 14.4. The SMILES string of the molecule is NCCCCCCCCCCCCI. The van der Waals surface area contributed by atoms with E-state index in [1.165, 1.54) is 68.6 Å². The molecule has 0 rings (SSSR count). The highest BCUT2D eigenvalue weighted by Gasteiger charge is 1.91. The van der Waals surface area contributed by atoms with E-state index in [9.17, 15) is 0 Å². The van der Waals surface area contributed by atoms with E-state index in [1.54, 1.807) is 0 Å². The fourth-order valence-corrected chi connectivity index (χ4v) is 2.19. The first-order valence-corrected chi connectivity index (χ1v) is 7.70. The molecule has 2 N–H and O–H groups in total. The molecule has 0 unspecified atom stereocenters. The van der Waals surface area contributed by atoms with Gasteiger partial charge in [0.05, 0.1) is 0 Å². The fourth-order valence-electron chi connectivity index (χ4n) is 1.65. The fraction of sp³-hybridized carbons (Fsp3) is 1.00. The molecule has 0 aliphatic heterocycles. The smallest absolute Gasteiger partial charge is 0.000473 e. The van der Waals surface area contributed by atoms with Crippen molar-refractivity contribution in [3.8, 4) is 0 Å². The van der Waals surface area contributed by atoms with Crippen LogP contribution in [0.15, 0.2) is 0 Å². The molecule has 0 aromatic carbocycles. The summed E-state index contributed by atoms with van der Waals surface area (Å²) in [6.45, 7) is 0.871. The van der Waals surface area contributed by atoms with E-state index < -0.39 is 0 Å². The average molecular weight is 311 g/mol. The van der Waals surface area contributed by atoms with Crippen LogP contribution in [0.25, 0.3) is 0 Å². The molecule has 0 fully saturated rings. The third-order valence-electron chi connectivity index (χ3n) is 2.59. The maximum atomic E-state index is 5.44. The van der Waals surface area contributed by atoms with Crippen LogP contribution in [-0.4, -0.2) is 11.0 Å². The quantitative estimate of drug-likeness (QED) is 0.344. The number of halogens is 1. The summed E-state index contributed by atoms with van der Waals surface area (Å²) < 4.78 is 1.33. The molecule has 0 bridgehead atoms. The summed E-state index contributed by atoms with van der Waals surface area (Å²) in [5.74, 6) is 0. The Hall–Kier alpha value is 0.690. The van der Waals surface area contributed by atoms with Crippen LogP contribution >= 0.6 is 22.6 Å². The van der Waals surface area contributed by atoms with E-state index in [0.717, 1.165) is 6.54 Å². The lowest BCUT2D eigenvalue weighted by atomic mass is 10.1. The van der Waals surface area contributed by atoms with Crippen LogP contribution < -0.4 is 5.73 Å². The van der Waals surface area contributed by atoms with Crippen molar-refractivity contribution < 1.29 is 0 Å². The molecule has 0 aromatic heterocycles. The second kappa shape index (κ2) is 13.7. The first-order chi connectivity index (χ1) is 6.91. The Morgan fingerprint density at radius 2 is 0.929 bits per heavy atom. The lowest BCUT2D eigenvalue weighted by Gasteiger charge is -2.01. The van der Waals surface area contributed by atoms with Gasteiger partial charge in [0.25, 0.3) is 0 Å². The maximum absolute atomic E-state index is 5.44. The number of hydrogen-bond acceptors (Lipinski definition) is 1. The molecule has 0 atom stereocenters. The molecule has 0 saturated carbocycles. The molecule has 0 amide bonds. The van der Waals surface area contributed by atoms with Crippen molar-refractivity contribution in [3.05, 3.63) is 0 Å². The Labute approximate surface area is 103 Å². The zero-order valence-electron chi connectivity index (χ0n) is 9.44. The van der Waals surface area contributed by atoms with Crippen molar-refractivity contribution >= 4 is 22.6 Å². The van der Waals surface area contributed by atoms with E-state index in [2.05, 4.69) is 22.6 Å². The van der Waals surface area contributed by atoms with Crippen molar-refractivity contribution in [1.82, 2.24) is 0 Å². The van der Waals surface area contributed by atoms with Crippen LogP contribution in [0.2, 0.25) is 0 Å². The first-order valence-electron chi connectivity index (χ1n) is 6.18. The number of unbranched alkanes of at least 4 members (excludes halogenated alkanes) is 9. The molecular formula is C12H26IN. The van der Waals surface area contributed by atoms with Gasteiger partial charge in [-0.3, -0.25) is 0 Å². The van der Waals surface area contributed by atoms with Gasteiger partial charge in [0.2, 0.25) is 0 Å². The summed E-state index contributed by atoms with van der Waals surface area (Å²) in [4.78, 5) is 0. The van der Waals surface area contributed by atoms with Crippen molar-refractivity contribution in [2.45, 2.75) is 64.2 Å². The van der Waals surface area contributed by atoms with Gasteiger partial charge in [-0.05, 0) is 23.8 Å². The van der Waals surface area contributed by atoms with Crippen LogP contribution in [0.4, 0.5) is 0 Å². The highest BCUT2D eigenvalue weighted by molar-refractivity contribution is 14.1. The summed E-state index contributed by atoms with van der Waals surface area (Å²) >= 11 is 2.46. The van der Waals surface area contributed by atoms with E-state index in [0.29, 0.717) is 0 Å². The summed E-state index contributed by atoms with van der Waals surface area (Å²) in [6, 6.07) is 0. The van der Waals surface area contributed by atoms with Crippen LogP contribution in [0.5, 0.6) is 0 Å². The molecule has 0 saturated heterocycles. The number of hydrogen-bond donors (Lipinski definition) is 1. The second-order valence-corrected chi connectivity index (χ2v) is 5.09. The molecule has 14 heavy (non-hydrogen) atoms. The molecule has 0 radical (unpaired) electrons. The Morgan fingerprint density at radius 1 is 0.571 bits per heavy atom. The zero-order chi connectivity index (χ0) is 10.5. The summed E-state index contributed by atoms with van der Waals surface area (Å²) in [7, 11) is 0. The lowest BCUT2D eigenvalue weighted by Crippen LogP contribution is -1.97. The van der Waals surface area contributed by atoms with Gasteiger partial charge in [0.1, 0.15) is 0 Å². The first kappa shape index (κ1) is 14.7. The molecule has 0 aliphatic rings. The van der Waals surface area contributed by atoms with Gasteiger partial charge >= 0.3 is 0 Å². The molecule has 0 aromatic rings. The van der Waals surface area contributed by atoms with E-state index in [4.69, 9.17) is 5.73 Å². The highest BCUT2D eigenvalue weighted by Crippen LogP contribution is 2.10. The largest absolute Gasteiger partial charge is 0.330 e. The van der Waals surface area contributed by atoms with Gasteiger partial charge < -0.3 is 5.73 Å². The van der Waals surface area contributed by atoms with Gasteiger partial charge in [0.15, 0.2) is 0 Å². The molecule has 0 spiro atoms. The average Bonchev–Trinajstić information content (AvgIpc) is 2.21. The summed E-state index contributed by atoms with van der Waals surface area (Å²) in [5, 5.41) is 0. The van der Waals surface area contributed by atoms with E-state index in [1.807, 2.05) is 0 Å². The topological polar surface area (TPSA) is 26.0 Å². The van der Waals surface area contributed by atoms with Gasteiger partial charge in [-0.15, -0.1) is 0 Å². The van der Waals surface area contributed by atoms with Crippen molar-refractivity contribution in [3.63, 3.8) is 0 Å². The lowest BCUT2D eigenvalue weighted by molar-refractivity contribution is 0.559. The minimum Gasteiger partial charge on any atom is -0.330 e. The van der Waals surface area contributed by atoms with Crippen molar-refractivity contribution in [2.75, 3.05) is 11.0 Å². The van der Waals surface area contributed by atoms with Gasteiger partial charge in [-0.25, -0.2) is 0 Å². The Balaban J connectivity index is 2.78. The van der Waals surface area contributed by atoms with Crippen LogP contribution in [0.3, 0.4) is 0 Å². The zero-order valence-corrected chi connectivity index (χ0v) is 11.6. The third-order valence-corrected chi connectivity index (χ3v) is 3.35. The minimum atomic E-state index is 0.871. The molecule has 0 heterocycles. The van der Waals surface area contributed by atoms with Gasteiger partial charge in [-0.2, -0.15) is 0 Å². The minimum absolute atomic E-state index is 0.871. The highest BCUT2D eigenvalue weighted by atomic mass is 127. The number of rotatable bonds is 11. The monoisotopic (exact) mass is 311 g/mol. The van der Waals surface area contributed by atoms with Crippen LogP contribution in [-0.2, 0) is 0 Å². The standard InChI is InChI=1S/C12H26IN/c13-11-9-7-5-3-1-2-4-6-8-10-12-14/h1-12,14H2. The molecule has 1 nitrogen and oxygen atoms in total. The Morgan fingerprint density at radius 3 is 1.29 bits per heavy atom. The Bertz CT molecular complexity index is 84.3. The predicted molar refractivity (Wildman–Crippen MR) is 74.1 cm³/mol. The summed E-state index contributed by atoms with van der Waals surface area (Å²) in [6.07, 6.45) is 14.0. The molecule has 0 aliphatic carbocycles. The van der Waals surface area contributed by atoms with Crippen LogP contribution in [0.1, 0.15) is 64.2 Å². The molecule has 2 heteroatoms. The van der Waals surface area contributed by atoms with E-state index in [-0.39, 0.29) is 0 Å². The van der Waals surface area contributed by atoms with Gasteiger partial charge in [0, 0.05) is 0 Å². The molecular weight excluding hydrogens is 285 g/mol. The van der Waals surface area contributed by atoms with Crippen molar-refractivity contribution in [1.29, 1.82) is 0 Å². The predicted octanol–water partition coefficient (Wildman–Crippen LogP) is 4.28. The number of alkyl halides is 1. The third kappa shape index (κ3) is 12.7. The summed E-state index contributed by atoms with van der Waals surface area (Å²) in [5.41, 5.74) is 5.44. The number of nitrogens with two attached hydrogens (primary N) is 1. The van der Waals surface area contributed by atoms with E-state index >= 15 is 0 Å². The molecule has 86 valence electrons. The maximum Gasteiger partial charge on any atom is -0.000473 e. The second-order valence-electron chi connectivity index (χ2n) is 4.01. The normalized spacial score (nSPS) is 10.7. The van der Waals surface area contributed by atoms with Crippen LogP contribution in [0, 0.1) is 0 Å². The van der Waals surface area contributed by atoms with Gasteiger partial charge in [-0.1, -0.05) is 74.0 Å².